The maximum absolute atomic E-state index is 13.3. The van der Waals surface area contributed by atoms with E-state index >= 15 is 0 Å². The molecule has 1 N–H and O–H groups in total. The lowest BCUT2D eigenvalue weighted by Crippen LogP contribution is -2.25. The predicted molar refractivity (Wildman–Crippen MR) is 130 cm³/mol. The van der Waals surface area contributed by atoms with Crippen molar-refractivity contribution in [2.75, 3.05) is 13.2 Å². The van der Waals surface area contributed by atoms with Crippen LogP contribution in [-0.2, 0) is 16.2 Å². The summed E-state index contributed by atoms with van der Waals surface area (Å²) >= 11 is 6.14. The zero-order valence-corrected chi connectivity index (χ0v) is 20.1. The Morgan fingerprint density at radius 3 is 2.44 bits per heavy atom. The molecule has 4 aromatic rings. The zero-order valence-electron chi connectivity index (χ0n) is 18.5. The molecule has 0 saturated carbocycles. The van der Waals surface area contributed by atoms with Crippen LogP contribution in [0.4, 0.5) is 13.2 Å². The Labute approximate surface area is 209 Å². The summed E-state index contributed by atoms with van der Waals surface area (Å²) in [4.78, 5) is 12.7. The lowest BCUT2D eigenvalue weighted by atomic mass is 10.1. The summed E-state index contributed by atoms with van der Waals surface area (Å²) in [5, 5.41) is 0.401. The highest BCUT2D eigenvalue weighted by Crippen LogP contribution is 2.38. The van der Waals surface area contributed by atoms with Crippen LogP contribution in [-0.4, -0.2) is 21.6 Å². The number of hydrogen-bond acceptors (Lipinski definition) is 5. The lowest BCUT2D eigenvalue weighted by molar-refractivity contribution is -0.137. The molecule has 1 aromatic heterocycles. The van der Waals surface area contributed by atoms with Crippen LogP contribution in [0.2, 0.25) is 5.02 Å². The van der Waals surface area contributed by atoms with Crippen LogP contribution in [0.15, 0.2) is 86.9 Å². The smallest absolute Gasteiger partial charge is 0.416 e. The van der Waals surface area contributed by atoms with Gasteiger partial charge in [0.05, 0.1) is 33.0 Å². The quantitative estimate of drug-likeness (QED) is 0.284. The molecule has 0 bridgehead atoms. The van der Waals surface area contributed by atoms with Gasteiger partial charge in [-0.3, -0.25) is 4.79 Å². The highest BCUT2D eigenvalue weighted by molar-refractivity contribution is 7.89. The van der Waals surface area contributed by atoms with Gasteiger partial charge < -0.3 is 9.15 Å². The van der Waals surface area contributed by atoms with Crippen LogP contribution in [0.5, 0.6) is 5.75 Å². The number of rotatable bonds is 8. The van der Waals surface area contributed by atoms with Gasteiger partial charge in [0.2, 0.25) is 10.0 Å². The van der Waals surface area contributed by atoms with Gasteiger partial charge in [0.1, 0.15) is 11.5 Å². The SMILES string of the molecule is O=c1cc(-c2ccc(C(F)(F)F)cc2OCCCNS(=O)(=O)c2ccccc2)oc2c(Cl)cccc12. The van der Waals surface area contributed by atoms with Crippen molar-refractivity contribution in [2.24, 2.45) is 0 Å². The second kappa shape index (κ2) is 10.3. The van der Waals surface area contributed by atoms with Gasteiger partial charge in [-0.1, -0.05) is 35.9 Å². The molecule has 188 valence electrons. The van der Waals surface area contributed by atoms with Crippen molar-refractivity contribution in [2.45, 2.75) is 17.5 Å². The Balaban J connectivity index is 1.57. The number of benzene rings is 3. The number of nitrogens with one attached hydrogen (secondary N) is 1. The fourth-order valence-electron chi connectivity index (χ4n) is 3.44. The van der Waals surface area contributed by atoms with Crippen molar-refractivity contribution in [1.29, 1.82) is 0 Å². The summed E-state index contributed by atoms with van der Waals surface area (Å²) in [5.41, 5.74) is -1.16. The number of sulfonamides is 1. The largest absolute Gasteiger partial charge is 0.493 e. The van der Waals surface area contributed by atoms with E-state index in [2.05, 4.69) is 4.72 Å². The Morgan fingerprint density at radius 2 is 1.72 bits per heavy atom. The number of para-hydroxylation sites is 1. The van der Waals surface area contributed by atoms with Gasteiger partial charge in [0.15, 0.2) is 11.0 Å². The number of hydrogen-bond donors (Lipinski definition) is 1. The average molecular weight is 538 g/mol. The summed E-state index contributed by atoms with van der Waals surface area (Å²) < 4.78 is 78.4. The van der Waals surface area contributed by atoms with E-state index in [1.54, 1.807) is 24.3 Å². The summed E-state index contributed by atoms with van der Waals surface area (Å²) in [6.07, 6.45) is -4.47. The Hall–Kier alpha value is -3.34. The highest BCUT2D eigenvalue weighted by Gasteiger charge is 2.31. The van der Waals surface area contributed by atoms with Crippen LogP contribution in [0, 0.1) is 0 Å². The average Bonchev–Trinajstić information content (AvgIpc) is 2.84. The molecule has 0 radical (unpaired) electrons. The molecule has 11 heteroatoms. The fraction of sp³-hybridized carbons (Fsp3) is 0.160. The van der Waals surface area contributed by atoms with Crippen molar-refractivity contribution in [1.82, 2.24) is 4.72 Å². The zero-order chi connectivity index (χ0) is 25.9. The number of halogens is 4. The first kappa shape index (κ1) is 25.7. The second-order valence-corrected chi connectivity index (χ2v) is 9.89. The normalized spacial score (nSPS) is 12.1. The summed E-state index contributed by atoms with van der Waals surface area (Å²) in [5.74, 6) is -0.195. The predicted octanol–water partition coefficient (Wildman–Crippen LogP) is 5.88. The first-order valence-corrected chi connectivity index (χ1v) is 12.5. The third kappa shape index (κ3) is 5.72. The van der Waals surface area contributed by atoms with E-state index in [0.717, 1.165) is 24.3 Å². The molecule has 0 unspecified atom stereocenters. The van der Waals surface area contributed by atoms with Crippen LogP contribution in [0.1, 0.15) is 12.0 Å². The van der Waals surface area contributed by atoms with E-state index in [1.807, 2.05) is 0 Å². The molecule has 0 spiro atoms. The third-order valence-electron chi connectivity index (χ3n) is 5.21. The van der Waals surface area contributed by atoms with E-state index in [0.29, 0.717) is 0 Å². The second-order valence-electron chi connectivity index (χ2n) is 7.71. The molecular weight excluding hydrogens is 519 g/mol. The van der Waals surface area contributed by atoms with Crippen LogP contribution in [0.3, 0.4) is 0 Å². The Kier molecular flexibility index (Phi) is 7.39. The molecule has 0 saturated heterocycles. The van der Waals surface area contributed by atoms with Gasteiger partial charge in [0.25, 0.3) is 0 Å². The van der Waals surface area contributed by atoms with E-state index in [4.69, 9.17) is 20.8 Å². The topological polar surface area (TPSA) is 85.6 Å². The highest BCUT2D eigenvalue weighted by atomic mass is 35.5. The van der Waals surface area contributed by atoms with Gasteiger partial charge in [-0.25, -0.2) is 13.1 Å². The van der Waals surface area contributed by atoms with Crippen molar-refractivity contribution in [3.05, 3.63) is 93.6 Å². The first-order valence-electron chi connectivity index (χ1n) is 10.7. The lowest BCUT2D eigenvalue weighted by Gasteiger charge is -2.15. The minimum absolute atomic E-state index is 0.00775. The van der Waals surface area contributed by atoms with Crippen molar-refractivity contribution in [3.63, 3.8) is 0 Å². The molecule has 0 atom stereocenters. The molecule has 0 aliphatic heterocycles. The first-order chi connectivity index (χ1) is 17.1. The summed E-state index contributed by atoms with van der Waals surface area (Å²) in [6, 6.07) is 16.3. The number of alkyl halides is 3. The minimum Gasteiger partial charge on any atom is -0.493 e. The maximum Gasteiger partial charge on any atom is 0.416 e. The van der Waals surface area contributed by atoms with Gasteiger partial charge in [-0.2, -0.15) is 13.2 Å². The molecular formula is C25H19ClF3NO5S. The van der Waals surface area contributed by atoms with E-state index in [9.17, 15) is 26.4 Å². The van der Waals surface area contributed by atoms with Crippen LogP contribution >= 0.6 is 11.6 Å². The molecule has 6 nitrogen and oxygen atoms in total. The summed E-state index contributed by atoms with van der Waals surface area (Å²) in [7, 11) is -3.73. The van der Waals surface area contributed by atoms with Gasteiger partial charge in [-0.15, -0.1) is 0 Å². The third-order valence-corrected chi connectivity index (χ3v) is 6.98. The summed E-state index contributed by atoms with van der Waals surface area (Å²) in [6.45, 7) is -0.115. The van der Waals surface area contributed by atoms with Gasteiger partial charge in [0, 0.05) is 12.6 Å². The minimum atomic E-state index is -4.63. The van der Waals surface area contributed by atoms with Crippen molar-refractivity contribution < 1.29 is 30.7 Å². The van der Waals surface area contributed by atoms with Gasteiger partial charge >= 0.3 is 6.18 Å². The van der Waals surface area contributed by atoms with Crippen LogP contribution < -0.4 is 14.9 Å². The molecule has 0 aliphatic carbocycles. The molecule has 0 aliphatic rings. The standard InChI is InChI=1S/C25H19ClF3NO5S/c26-20-9-4-8-18-21(31)15-23(35-24(18)20)19-11-10-16(25(27,28)29)14-22(19)34-13-5-12-30-36(32,33)17-6-2-1-3-7-17/h1-4,6-11,14-15,30H,5,12-13H2. The molecule has 3 aromatic carbocycles. The van der Waals surface area contributed by atoms with Crippen molar-refractivity contribution >= 4 is 32.6 Å². The van der Waals surface area contributed by atoms with Gasteiger partial charge in [-0.05, 0) is 48.9 Å². The maximum atomic E-state index is 13.3. The Morgan fingerprint density at radius 1 is 0.972 bits per heavy atom. The van der Waals surface area contributed by atoms with Crippen molar-refractivity contribution in [3.8, 4) is 17.1 Å². The molecule has 1 heterocycles. The molecule has 0 fully saturated rings. The van der Waals surface area contributed by atoms with E-state index < -0.39 is 27.2 Å². The monoisotopic (exact) mass is 537 g/mol. The molecule has 4 rings (SSSR count). The van der Waals surface area contributed by atoms with E-state index in [1.165, 1.54) is 24.3 Å². The Bertz CT molecular complexity index is 1550. The molecule has 0 amide bonds. The van der Waals surface area contributed by atoms with Crippen LogP contribution in [0.25, 0.3) is 22.3 Å². The number of ether oxygens (including phenoxy) is 1. The molecule has 36 heavy (non-hydrogen) atoms. The van der Waals surface area contributed by atoms with E-state index in [-0.39, 0.29) is 57.5 Å². The fourth-order valence-corrected chi connectivity index (χ4v) is 4.75. The number of fused-ring (bicyclic) bond motifs is 1.